The number of ether oxygens (including phenoxy) is 1. The number of hydrogen-bond acceptors (Lipinski definition) is 5. The first kappa shape index (κ1) is 22.4. The van der Waals surface area contributed by atoms with E-state index in [-0.39, 0.29) is 5.91 Å². The van der Waals surface area contributed by atoms with E-state index in [9.17, 15) is 4.79 Å². The second-order valence-corrected chi connectivity index (χ2v) is 9.53. The van der Waals surface area contributed by atoms with Gasteiger partial charge in [0.15, 0.2) is 5.13 Å². The molecule has 1 aliphatic rings. The molecule has 0 radical (unpaired) electrons. The summed E-state index contributed by atoms with van der Waals surface area (Å²) in [6.45, 7) is 2.76. The average molecular weight is 490 g/mol. The van der Waals surface area contributed by atoms with E-state index >= 15 is 0 Å². The molecule has 1 aliphatic heterocycles. The van der Waals surface area contributed by atoms with Gasteiger partial charge in [0.25, 0.3) is 5.91 Å². The molecule has 0 atom stereocenters. The van der Waals surface area contributed by atoms with E-state index in [0.717, 1.165) is 50.3 Å². The molecule has 1 saturated heterocycles. The standard InChI is InChI=1S/C27H24ClN3O2S/c1-33-22-10-7-19(8-11-22)17-23(20-5-3-2-4-6-20)26(32)30-13-15-31(16-14-30)27-29-24-12-9-21(28)18-25(24)34-27/h2-12,17-18H,13-16H2,1H3/b23-17+. The van der Waals surface area contributed by atoms with Crippen LogP contribution in [0.2, 0.25) is 5.02 Å². The molecule has 1 amide bonds. The zero-order valence-electron chi connectivity index (χ0n) is 18.8. The molecule has 1 fully saturated rings. The van der Waals surface area contributed by atoms with Crippen molar-refractivity contribution >= 4 is 55.8 Å². The number of thiazole rings is 1. The highest BCUT2D eigenvalue weighted by molar-refractivity contribution is 7.22. The molecule has 7 heteroatoms. The van der Waals surface area contributed by atoms with Gasteiger partial charge < -0.3 is 14.5 Å². The Bertz CT molecular complexity index is 1330. The van der Waals surface area contributed by atoms with Crippen molar-refractivity contribution in [3.05, 3.63) is 88.9 Å². The lowest BCUT2D eigenvalue weighted by Crippen LogP contribution is -2.49. The summed E-state index contributed by atoms with van der Waals surface area (Å²) < 4.78 is 6.34. The van der Waals surface area contributed by atoms with Crippen LogP contribution in [0.25, 0.3) is 21.9 Å². The van der Waals surface area contributed by atoms with Crippen molar-refractivity contribution in [3.63, 3.8) is 0 Å². The van der Waals surface area contributed by atoms with Gasteiger partial charge in [-0.2, -0.15) is 0 Å². The number of amides is 1. The second-order valence-electron chi connectivity index (χ2n) is 8.08. The highest BCUT2D eigenvalue weighted by Gasteiger charge is 2.26. The van der Waals surface area contributed by atoms with E-state index < -0.39 is 0 Å². The van der Waals surface area contributed by atoms with E-state index in [1.54, 1.807) is 18.4 Å². The lowest BCUT2D eigenvalue weighted by atomic mass is 10.0. The summed E-state index contributed by atoms with van der Waals surface area (Å²) in [4.78, 5) is 22.6. The number of hydrogen-bond donors (Lipinski definition) is 0. The number of halogens is 1. The summed E-state index contributed by atoms with van der Waals surface area (Å²) >= 11 is 7.77. The Hall–Kier alpha value is -3.35. The van der Waals surface area contributed by atoms with Crippen molar-refractivity contribution in [2.24, 2.45) is 0 Å². The molecule has 0 spiro atoms. The van der Waals surface area contributed by atoms with Crippen molar-refractivity contribution in [2.75, 3.05) is 38.2 Å². The molecule has 3 aromatic carbocycles. The van der Waals surface area contributed by atoms with E-state index in [2.05, 4.69) is 4.90 Å². The first-order chi connectivity index (χ1) is 16.6. The van der Waals surface area contributed by atoms with E-state index in [0.29, 0.717) is 18.7 Å². The van der Waals surface area contributed by atoms with Crippen LogP contribution in [0.5, 0.6) is 5.75 Å². The van der Waals surface area contributed by atoms with Crippen LogP contribution in [0.15, 0.2) is 72.8 Å². The smallest absolute Gasteiger partial charge is 0.254 e. The van der Waals surface area contributed by atoms with E-state index in [1.165, 1.54) is 0 Å². The van der Waals surface area contributed by atoms with Crippen molar-refractivity contribution in [3.8, 4) is 5.75 Å². The number of rotatable bonds is 5. The highest BCUT2D eigenvalue weighted by Crippen LogP contribution is 2.31. The second kappa shape index (κ2) is 9.87. The molecule has 1 aromatic heterocycles. The van der Waals surface area contributed by atoms with E-state index in [1.807, 2.05) is 83.8 Å². The maximum absolute atomic E-state index is 13.6. The lowest BCUT2D eigenvalue weighted by Gasteiger charge is -2.35. The summed E-state index contributed by atoms with van der Waals surface area (Å²) in [5.74, 6) is 0.829. The Morgan fingerprint density at radius 2 is 1.74 bits per heavy atom. The zero-order chi connectivity index (χ0) is 23.5. The van der Waals surface area contributed by atoms with Crippen LogP contribution in [-0.2, 0) is 4.79 Å². The predicted octanol–water partition coefficient (Wildman–Crippen LogP) is 5.85. The van der Waals surface area contributed by atoms with Crippen molar-refractivity contribution < 1.29 is 9.53 Å². The van der Waals surface area contributed by atoms with Gasteiger partial charge in [-0.25, -0.2) is 4.98 Å². The first-order valence-corrected chi connectivity index (χ1v) is 12.3. The molecular weight excluding hydrogens is 466 g/mol. The Morgan fingerprint density at radius 1 is 1.00 bits per heavy atom. The number of anilines is 1. The molecule has 4 aromatic rings. The molecule has 34 heavy (non-hydrogen) atoms. The Labute approximate surface area is 207 Å². The van der Waals surface area contributed by atoms with Gasteiger partial charge >= 0.3 is 0 Å². The van der Waals surface area contributed by atoms with Gasteiger partial charge in [-0.3, -0.25) is 4.79 Å². The lowest BCUT2D eigenvalue weighted by molar-refractivity contribution is -0.125. The third-order valence-electron chi connectivity index (χ3n) is 5.92. The van der Waals surface area contributed by atoms with Crippen molar-refractivity contribution in [1.82, 2.24) is 9.88 Å². The van der Waals surface area contributed by atoms with Gasteiger partial charge in [-0.15, -0.1) is 0 Å². The van der Waals surface area contributed by atoms with Crippen LogP contribution in [0, 0.1) is 0 Å². The van der Waals surface area contributed by atoms with Crippen LogP contribution in [0.4, 0.5) is 5.13 Å². The molecule has 172 valence electrons. The SMILES string of the molecule is COc1ccc(/C=C(/C(=O)N2CCN(c3nc4ccc(Cl)cc4s3)CC2)c2ccccc2)cc1. The number of fused-ring (bicyclic) bond motifs is 1. The Morgan fingerprint density at radius 3 is 2.44 bits per heavy atom. The molecule has 0 N–H and O–H groups in total. The summed E-state index contributed by atoms with van der Waals surface area (Å²) in [6.07, 6.45) is 1.96. The minimum Gasteiger partial charge on any atom is -0.497 e. The van der Waals surface area contributed by atoms with Gasteiger partial charge in [0.05, 0.1) is 17.3 Å². The minimum atomic E-state index is 0.0396. The van der Waals surface area contributed by atoms with Gasteiger partial charge in [0.2, 0.25) is 0 Å². The van der Waals surface area contributed by atoms with Crippen LogP contribution in [0.1, 0.15) is 11.1 Å². The number of nitrogens with zero attached hydrogens (tertiary/aromatic N) is 3. The van der Waals surface area contributed by atoms with Crippen LogP contribution in [0.3, 0.4) is 0 Å². The van der Waals surface area contributed by atoms with Crippen LogP contribution >= 0.6 is 22.9 Å². The Kier molecular flexibility index (Phi) is 6.52. The summed E-state index contributed by atoms with van der Waals surface area (Å²) in [7, 11) is 1.65. The largest absolute Gasteiger partial charge is 0.497 e. The first-order valence-electron chi connectivity index (χ1n) is 11.1. The number of carbonyl (C=O) groups excluding carboxylic acids is 1. The molecule has 0 bridgehead atoms. The highest BCUT2D eigenvalue weighted by atomic mass is 35.5. The number of carbonyl (C=O) groups is 1. The van der Waals surface area contributed by atoms with Gasteiger partial charge in [-0.1, -0.05) is 65.4 Å². The van der Waals surface area contributed by atoms with Crippen LogP contribution in [-0.4, -0.2) is 49.1 Å². The van der Waals surface area contributed by atoms with Gasteiger partial charge in [-0.05, 0) is 47.5 Å². The monoisotopic (exact) mass is 489 g/mol. The topological polar surface area (TPSA) is 45.7 Å². The molecule has 0 aliphatic carbocycles. The van der Waals surface area contributed by atoms with Crippen LogP contribution < -0.4 is 9.64 Å². The fraction of sp³-hybridized carbons (Fsp3) is 0.185. The maximum atomic E-state index is 13.6. The third kappa shape index (κ3) is 4.79. The van der Waals surface area contributed by atoms with Gasteiger partial charge in [0, 0.05) is 36.8 Å². The van der Waals surface area contributed by atoms with Crippen molar-refractivity contribution in [1.29, 1.82) is 0 Å². The average Bonchev–Trinajstić information content (AvgIpc) is 3.31. The summed E-state index contributed by atoms with van der Waals surface area (Å²) in [5.41, 5.74) is 3.51. The fourth-order valence-corrected chi connectivity index (χ4v) is 5.34. The molecular formula is C27H24ClN3O2S. The quantitative estimate of drug-likeness (QED) is 0.260. The zero-order valence-corrected chi connectivity index (χ0v) is 20.4. The molecule has 5 rings (SSSR count). The molecule has 5 nitrogen and oxygen atoms in total. The molecule has 2 heterocycles. The number of benzene rings is 3. The predicted molar refractivity (Wildman–Crippen MR) is 141 cm³/mol. The summed E-state index contributed by atoms with van der Waals surface area (Å²) in [6, 6.07) is 23.4. The molecule has 0 saturated carbocycles. The summed E-state index contributed by atoms with van der Waals surface area (Å²) in [5, 5.41) is 1.69. The number of piperazine rings is 1. The molecule has 0 unspecified atom stereocenters. The number of methoxy groups -OCH3 is 1. The third-order valence-corrected chi connectivity index (χ3v) is 7.23. The fourth-order valence-electron chi connectivity index (χ4n) is 4.05. The normalized spacial score (nSPS) is 14.5. The van der Waals surface area contributed by atoms with E-state index in [4.69, 9.17) is 21.3 Å². The maximum Gasteiger partial charge on any atom is 0.254 e. The number of aromatic nitrogens is 1. The van der Waals surface area contributed by atoms with Gasteiger partial charge in [0.1, 0.15) is 5.75 Å². The minimum absolute atomic E-state index is 0.0396. The van der Waals surface area contributed by atoms with Crippen molar-refractivity contribution in [2.45, 2.75) is 0 Å². The Balaban J connectivity index is 1.35.